The Morgan fingerprint density at radius 2 is 2.18 bits per heavy atom. The number of fused-ring (bicyclic) bond motifs is 1. The number of pyridine rings is 1. The predicted octanol–water partition coefficient (Wildman–Crippen LogP) is 2.33. The minimum atomic E-state index is -0.617. The molecule has 5 nitrogen and oxygen atoms in total. The van der Waals surface area contributed by atoms with E-state index in [9.17, 15) is 9.18 Å². The van der Waals surface area contributed by atoms with E-state index in [2.05, 4.69) is 17.2 Å². The molecule has 0 unspecified atom stereocenters. The molecule has 0 saturated carbocycles. The van der Waals surface area contributed by atoms with E-state index in [1.165, 1.54) is 4.40 Å². The normalized spacial score (nSPS) is 17.6. The van der Waals surface area contributed by atoms with Crippen LogP contribution in [-0.4, -0.2) is 35.1 Å². The number of nitrogens with zero attached hydrogens (tertiary/aromatic N) is 2. The van der Waals surface area contributed by atoms with Gasteiger partial charge in [-0.2, -0.15) is 4.39 Å². The van der Waals surface area contributed by atoms with Crippen LogP contribution in [0.5, 0.6) is 0 Å². The van der Waals surface area contributed by atoms with E-state index >= 15 is 0 Å². The van der Waals surface area contributed by atoms with Gasteiger partial charge in [0.05, 0.1) is 0 Å². The van der Waals surface area contributed by atoms with E-state index < -0.39 is 11.9 Å². The molecule has 1 aliphatic heterocycles. The molecule has 0 bridgehead atoms. The number of rotatable bonds is 3. The first kappa shape index (κ1) is 15.0. The Balaban J connectivity index is 1.76. The summed E-state index contributed by atoms with van der Waals surface area (Å²) in [5.41, 5.74) is 1.19. The van der Waals surface area contributed by atoms with Gasteiger partial charge in [0.15, 0.2) is 5.69 Å². The lowest BCUT2D eigenvalue weighted by Gasteiger charge is -2.33. The van der Waals surface area contributed by atoms with Crippen molar-refractivity contribution in [3.63, 3.8) is 0 Å². The fourth-order valence-corrected chi connectivity index (χ4v) is 2.69. The Morgan fingerprint density at radius 1 is 1.45 bits per heavy atom. The standard InChI is InChI=1S/C16H20FN3O2/c1-11-3-4-12-19-13(14(17)20(12)9-11)15(21)18-10-16(2)5-7-22-8-6-16/h3-4,9H,5-8,10H2,1-2H3,(H,18,21). The van der Waals surface area contributed by atoms with Gasteiger partial charge in [-0.1, -0.05) is 13.0 Å². The third kappa shape index (κ3) is 2.83. The zero-order chi connectivity index (χ0) is 15.7. The summed E-state index contributed by atoms with van der Waals surface area (Å²) in [7, 11) is 0. The van der Waals surface area contributed by atoms with Crippen LogP contribution >= 0.6 is 0 Å². The zero-order valence-corrected chi connectivity index (χ0v) is 12.9. The summed E-state index contributed by atoms with van der Waals surface area (Å²) >= 11 is 0. The van der Waals surface area contributed by atoms with Crippen LogP contribution in [0.25, 0.3) is 5.65 Å². The Morgan fingerprint density at radius 3 is 2.91 bits per heavy atom. The molecular formula is C16H20FN3O2. The molecule has 3 heterocycles. The van der Waals surface area contributed by atoms with Gasteiger partial charge in [-0.15, -0.1) is 0 Å². The van der Waals surface area contributed by atoms with Crippen LogP contribution in [0.15, 0.2) is 18.3 Å². The molecule has 0 aromatic carbocycles. The van der Waals surface area contributed by atoms with Gasteiger partial charge in [0, 0.05) is 26.0 Å². The Kier molecular flexibility index (Phi) is 3.87. The fraction of sp³-hybridized carbons (Fsp3) is 0.500. The van der Waals surface area contributed by atoms with Gasteiger partial charge in [-0.05, 0) is 36.8 Å². The van der Waals surface area contributed by atoms with Crippen molar-refractivity contribution in [1.82, 2.24) is 14.7 Å². The van der Waals surface area contributed by atoms with Crippen LogP contribution in [0, 0.1) is 18.3 Å². The minimum absolute atomic E-state index is 0.000132. The van der Waals surface area contributed by atoms with E-state index in [1.807, 2.05) is 13.0 Å². The average Bonchev–Trinajstić information content (AvgIpc) is 2.83. The van der Waals surface area contributed by atoms with Gasteiger partial charge >= 0.3 is 0 Å². The lowest BCUT2D eigenvalue weighted by atomic mass is 9.82. The highest BCUT2D eigenvalue weighted by atomic mass is 19.1. The topological polar surface area (TPSA) is 55.6 Å². The summed E-state index contributed by atoms with van der Waals surface area (Å²) in [5.74, 6) is -1.08. The zero-order valence-electron chi connectivity index (χ0n) is 12.9. The van der Waals surface area contributed by atoms with Gasteiger partial charge in [0.1, 0.15) is 5.65 Å². The summed E-state index contributed by atoms with van der Waals surface area (Å²) < 4.78 is 21.0. The average molecular weight is 305 g/mol. The summed E-state index contributed by atoms with van der Waals surface area (Å²) in [6, 6.07) is 3.54. The van der Waals surface area contributed by atoms with E-state index in [4.69, 9.17) is 4.74 Å². The van der Waals surface area contributed by atoms with Crippen LogP contribution < -0.4 is 5.32 Å². The maximum Gasteiger partial charge on any atom is 0.274 e. The number of hydrogen-bond acceptors (Lipinski definition) is 3. The molecule has 0 radical (unpaired) electrons. The van der Waals surface area contributed by atoms with Crippen LogP contribution in [-0.2, 0) is 4.74 Å². The molecule has 1 fully saturated rings. The summed E-state index contributed by atoms with van der Waals surface area (Å²) in [6.45, 7) is 5.88. The van der Waals surface area contributed by atoms with Gasteiger partial charge in [0.2, 0.25) is 5.95 Å². The molecule has 0 aliphatic carbocycles. The van der Waals surface area contributed by atoms with Crippen molar-refractivity contribution in [2.75, 3.05) is 19.8 Å². The SMILES string of the molecule is Cc1ccc2nc(C(=O)NCC3(C)CCOCC3)c(F)n2c1. The molecule has 1 amide bonds. The number of aromatic nitrogens is 2. The van der Waals surface area contributed by atoms with Crippen LogP contribution in [0.3, 0.4) is 0 Å². The lowest BCUT2D eigenvalue weighted by molar-refractivity contribution is 0.0238. The molecule has 0 spiro atoms. The molecule has 22 heavy (non-hydrogen) atoms. The lowest BCUT2D eigenvalue weighted by Crippen LogP contribution is -2.39. The Bertz CT molecular complexity index is 705. The molecular weight excluding hydrogens is 285 g/mol. The summed E-state index contributed by atoms with van der Waals surface area (Å²) in [6.07, 6.45) is 3.41. The van der Waals surface area contributed by atoms with Crippen molar-refractivity contribution in [2.24, 2.45) is 5.41 Å². The van der Waals surface area contributed by atoms with Gasteiger partial charge in [0.25, 0.3) is 5.91 Å². The largest absolute Gasteiger partial charge is 0.381 e. The van der Waals surface area contributed by atoms with Gasteiger partial charge in [-0.25, -0.2) is 4.98 Å². The van der Waals surface area contributed by atoms with Crippen molar-refractivity contribution in [2.45, 2.75) is 26.7 Å². The van der Waals surface area contributed by atoms with Crippen LogP contribution in [0.2, 0.25) is 0 Å². The Labute approximate surface area is 128 Å². The van der Waals surface area contributed by atoms with E-state index in [0.717, 1.165) is 18.4 Å². The fourth-order valence-electron chi connectivity index (χ4n) is 2.69. The number of imidazole rings is 1. The van der Waals surface area contributed by atoms with Crippen LogP contribution in [0.4, 0.5) is 4.39 Å². The number of aryl methyl sites for hydroxylation is 1. The van der Waals surface area contributed by atoms with Crippen LogP contribution in [0.1, 0.15) is 35.8 Å². The second-order valence-electron chi connectivity index (χ2n) is 6.29. The number of carbonyl (C=O) groups excluding carboxylic acids is 1. The molecule has 1 saturated heterocycles. The number of ether oxygens (including phenoxy) is 1. The number of hydrogen-bond donors (Lipinski definition) is 1. The van der Waals surface area contributed by atoms with E-state index in [0.29, 0.717) is 25.4 Å². The van der Waals surface area contributed by atoms with E-state index in [-0.39, 0.29) is 11.1 Å². The second kappa shape index (κ2) is 5.68. The highest BCUT2D eigenvalue weighted by Gasteiger charge is 2.29. The Hall–Kier alpha value is -1.95. The smallest absolute Gasteiger partial charge is 0.274 e. The third-order valence-corrected chi connectivity index (χ3v) is 4.30. The summed E-state index contributed by atoms with van der Waals surface area (Å²) in [4.78, 5) is 16.3. The molecule has 118 valence electrons. The molecule has 0 atom stereocenters. The number of halogens is 1. The quantitative estimate of drug-likeness (QED) is 0.947. The first-order valence-corrected chi connectivity index (χ1v) is 7.49. The highest BCUT2D eigenvalue weighted by Crippen LogP contribution is 2.28. The number of carbonyl (C=O) groups is 1. The minimum Gasteiger partial charge on any atom is -0.381 e. The maximum absolute atomic E-state index is 14.3. The van der Waals surface area contributed by atoms with Gasteiger partial charge in [-0.3, -0.25) is 9.20 Å². The second-order valence-corrected chi connectivity index (χ2v) is 6.29. The third-order valence-electron chi connectivity index (χ3n) is 4.30. The van der Waals surface area contributed by atoms with E-state index in [1.54, 1.807) is 12.3 Å². The summed E-state index contributed by atoms with van der Waals surface area (Å²) in [5, 5.41) is 2.82. The van der Waals surface area contributed by atoms with Crippen molar-refractivity contribution in [1.29, 1.82) is 0 Å². The van der Waals surface area contributed by atoms with Crippen molar-refractivity contribution >= 4 is 11.6 Å². The molecule has 2 aromatic heterocycles. The predicted molar refractivity (Wildman–Crippen MR) is 80.4 cm³/mol. The molecule has 1 aliphatic rings. The first-order valence-electron chi connectivity index (χ1n) is 7.49. The van der Waals surface area contributed by atoms with Crippen molar-refractivity contribution in [3.8, 4) is 0 Å². The monoisotopic (exact) mass is 305 g/mol. The number of amides is 1. The first-order chi connectivity index (χ1) is 10.5. The molecule has 1 N–H and O–H groups in total. The maximum atomic E-state index is 14.3. The molecule has 3 rings (SSSR count). The van der Waals surface area contributed by atoms with Crippen molar-refractivity contribution < 1.29 is 13.9 Å². The van der Waals surface area contributed by atoms with Gasteiger partial charge < -0.3 is 10.1 Å². The molecule has 6 heteroatoms. The number of nitrogens with one attached hydrogen (secondary N) is 1. The highest BCUT2D eigenvalue weighted by molar-refractivity contribution is 5.93. The van der Waals surface area contributed by atoms with Crippen molar-refractivity contribution in [3.05, 3.63) is 35.5 Å². The molecule has 2 aromatic rings.